The molecule has 0 saturated carbocycles. The molecule has 7 nitrogen and oxygen atoms in total. The smallest absolute Gasteiger partial charge is 0.276 e. The first-order valence-corrected chi connectivity index (χ1v) is 8.94. The third kappa shape index (κ3) is 2.20. The second-order valence-corrected chi connectivity index (χ2v) is 7.03. The van der Waals surface area contributed by atoms with E-state index in [4.69, 9.17) is 0 Å². The number of fused-ring (bicyclic) bond motifs is 2. The molecule has 2 aliphatic rings. The van der Waals surface area contributed by atoms with Gasteiger partial charge in [-0.25, -0.2) is 4.39 Å². The van der Waals surface area contributed by atoms with E-state index in [1.807, 2.05) is 24.3 Å². The van der Waals surface area contributed by atoms with Crippen LogP contribution in [0.1, 0.15) is 34.1 Å². The first kappa shape index (κ1) is 16.6. The van der Waals surface area contributed by atoms with Crippen molar-refractivity contribution < 1.29 is 14.0 Å². The van der Waals surface area contributed by atoms with Crippen molar-refractivity contribution in [3.63, 3.8) is 0 Å². The van der Waals surface area contributed by atoms with Crippen molar-refractivity contribution >= 4 is 17.5 Å². The number of halogens is 1. The molecule has 1 saturated heterocycles. The summed E-state index contributed by atoms with van der Waals surface area (Å²) in [6.45, 7) is 0.371. The van der Waals surface area contributed by atoms with E-state index in [0.717, 1.165) is 11.3 Å². The fourth-order valence-corrected chi connectivity index (χ4v) is 4.47. The molecule has 2 N–H and O–H groups in total. The van der Waals surface area contributed by atoms with E-state index in [2.05, 4.69) is 20.7 Å². The van der Waals surface area contributed by atoms with Crippen LogP contribution >= 0.6 is 0 Å². The van der Waals surface area contributed by atoms with Gasteiger partial charge in [-0.2, -0.15) is 15.4 Å². The summed E-state index contributed by atoms with van der Waals surface area (Å²) in [6, 6.07) is 12.9. The molecule has 1 fully saturated rings. The Hall–Kier alpha value is -3.55. The zero-order chi connectivity index (χ0) is 19.3. The van der Waals surface area contributed by atoms with Crippen LogP contribution in [0.4, 0.5) is 10.1 Å². The Balaban J connectivity index is 1.69. The largest absolute Gasteiger partial charge is 0.329 e. The van der Waals surface area contributed by atoms with Gasteiger partial charge in [0.05, 0.1) is 12.2 Å². The average Bonchev–Trinajstić information content (AvgIpc) is 3.43. The van der Waals surface area contributed by atoms with E-state index < -0.39 is 11.5 Å². The molecule has 0 radical (unpaired) electrons. The predicted octanol–water partition coefficient (Wildman–Crippen LogP) is 2.42. The van der Waals surface area contributed by atoms with Crippen molar-refractivity contribution in [3.05, 3.63) is 77.4 Å². The Morgan fingerprint density at radius 1 is 1.18 bits per heavy atom. The van der Waals surface area contributed by atoms with Gasteiger partial charge < -0.3 is 10.2 Å². The lowest BCUT2D eigenvalue weighted by Gasteiger charge is -2.34. The quantitative estimate of drug-likeness (QED) is 0.718. The number of likely N-dealkylation sites (tertiary alicyclic amines) is 1. The summed E-state index contributed by atoms with van der Waals surface area (Å²) in [6.07, 6.45) is 1.82. The second kappa shape index (κ2) is 5.98. The number of anilines is 1. The van der Waals surface area contributed by atoms with Crippen molar-refractivity contribution in [2.75, 3.05) is 11.9 Å². The van der Waals surface area contributed by atoms with Gasteiger partial charge in [-0.3, -0.25) is 9.59 Å². The van der Waals surface area contributed by atoms with Crippen LogP contribution in [0.2, 0.25) is 0 Å². The van der Waals surface area contributed by atoms with Crippen LogP contribution in [0, 0.1) is 5.82 Å². The maximum Gasteiger partial charge on any atom is 0.276 e. The van der Waals surface area contributed by atoms with Gasteiger partial charge in [-0.05, 0) is 35.7 Å². The number of para-hydroxylation sites is 1. The standard InChI is InChI=1S/C20H16FN5O2/c21-13-7-5-12(6-8-13)17-20(14-3-1-2-4-15(14)23-19(20)28)9-10-26(17)18(27)16-11-22-25-24-16/h1-8,11,17H,9-10H2,(H,23,28)(H,22,24,25)/t17-,20+/m0/s1. The number of aromatic nitrogens is 3. The number of rotatable bonds is 2. The Morgan fingerprint density at radius 2 is 1.96 bits per heavy atom. The molecule has 3 heterocycles. The van der Waals surface area contributed by atoms with E-state index in [-0.39, 0.29) is 23.3 Å². The number of hydrogen-bond acceptors (Lipinski definition) is 4. The number of amides is 2. The normalized spacial score (nSPS) is 23.1. The first-order chi connectivity index (χ1) is 13.6. The Kier molecular flexibility index (Phi) is 3.55. The third-order valence-electron chi connectivity index (χ3n) is 5.67. The molecule has 0 unspecified atom stereocenters. The van der Waals surface area contributed by atoms with Crippen LogP contribution in [0.15, 0.2) is 54.7 Å². The molecule has 8 heteroatoms. The predicted molar refractivity (Wildman–Crippen MR) is 97.9 cm³/mol. The van der Waals surface area contributed by atoms with E-state index in [1.54, 1.807) is 17.0 Å². The SMILES string of the molecule is O=C(c1cn[nH]n1)N1CC[C@]2(C(=O)Nc3ccccc32)[C@@H]1c1ccc(F)cc1. The zero-order valence-corrected chi connectivity index (χ0v) is 14.7. The summed E-state index contributed by atoms with van der Waals surface area (Å²) in [5, 5.41) is 13.0. The molecular formula is C20H16FN5O2. The van der Waals surface area contributed by atoms with Crippen molar-refractivity contribution in [2.45, 2.75) is 17.9 Å². The molecule has 0 bridgehead atoms. The van der Waals surface area contributed by atoms with Crippen LogP contribution in [-0.4, -0.2) is 38.7 Å². The molecule has 0 aliphatic carbocycles. The number of nitrogens with one attached hydrogen (secondary N) is 2. The highest BCUT2D eigenvalue weighted by atomic mass is 19.1. The molecule has 5 rings (SSSR count). The Morgan fingerprint density at radius 3 is 2.71 bits per heavy atom. The third-order valence-corrected chi connectivity index (χ3v) is 5.67. The highest BCUT2D eigenvalue weighted by Gasteiger charge is 2.59. The van der Waals surface area contributed by atoms with Gasteiger partial charge in [0, 0.05) is 12.2 Å². The second-order valence-electron chi connectivity index (χ2n) is 7.03. The monoisotopic (exact) mass is 377 g/mol. The molecule has 2 atom stereocenters. The molecule has 28 heavy (non-hydrogen) atoms. The van der Waals surface area contributed by atoms with Gasteiger partial charge in [0.1, 0.15) is 11.2 Å². The van der Waals surface area contributed by atoms with Crippen molar-refractivity contribution in [1.29, 1.82) is 0 Å². The fraction of sp³-hybridized carbons (Fsp3) is 0.200. The van der Waals surface area contributed by atoms with Gasteiger partial charge in [0.25, 0.3) is 5.91 Å². The van der Waals surface area contributed by atoms with Crippen LogP contribution < -0.4 is 5.32 Å². The number of hydrogen-bond donors (Lipinski definition) is 2. The van der Waals surface area contributed by atoms with E-state index in [9.17, 15) is 14.0 Å². The number of H-pyrrole nitrogens is 1. The average molecular weight is 377 g/mol. The molecular weight excluding hydrogens is 361 g/mol. The van der Waals surface area contributed by atoms with Crippen LogP contribution in [0.5, 0.6) is 0 Å². The maximum atomic E-state index is 13.6. The molecule has 2 amide bonds. The van der Waals surface area contributed by atoms with Gasteiger partial charge in [-0.1, -0.05) is 30.3 Å². The van der Waals surface area contributed by atoms with Crippen molar-refractivity contribution in [2.24, 2.45) is 0 Å². The minimum Gasteiger partial charge on any atom is -0.329 e. The summed E-state index contributed by atoms with van der Waals surface area (Å²) in [7, 11) is 0. The molecule has 2 aliphatic heterocycles. The van der Waals surface area contributed by atoms with Gasteiger partial charge in [0.2, 0.25) is 5.91 Å². The molecule has 140 valence electrons. The summed E-state index contributed by atoms with van der Waals surface area (Å²) in [4.78, 5) is 28.0. The number of aromatic amines is 1. The highest BCUT2D eigenvalue weighted by Crippen LogP contribution is 2.54. The van der Waals surface area contributed by atoms with Crippen LogP contribution in [0.3, 0.4) is 0 Å². The lowest BCUT2D eigenvalue weighted by Crippen LogP contribution is -2.42. The topological polar surface area (TPSA) is 91.0 Å². The van der Waals surface area contributed by atoms with E-state index >= 15 is 0 Å². The summed E-state index contributed by atoms with van der Waals surface area (Å²) in [5.74, 6) is -0.850. The number of carbonyl (C=O) groups is 2. The van der Waals surface area contributed by atoms with Crippen molar-refractivity contribution in [1.82, 2.24) is 20.3 Å². The minimum atomic E-state index is -0.937. The summed E-state index contributed by atoms with van der Waals surface area (Å²) >= 11 is 0. The Bertz CT molecular complexity index is 1070. The Labute approximate surface area is 159 Å². The molecule has 1 aromatic heterocycles. The maximum absolute atomic E-state index is 13.6. The number of nitrogens with zero attached hydrogens (tertiary/aromatic N) is 3. The molecule has 1 spiro atoms. The first-order valence-electron chi connectivity index (χ1n) is 8.94. The van der Waals surface area contributed by atoms with E-state index in [1.165, 1.54) is 18.3 Å². The fourth-order valence-electron chi connectivity index (χ4n) is 4.47. The molecule has 3 aromatic rings. The van der Waals surface area contributed by atoms with Crippen molar-refractivity contribution in [3.8, 4) is 0 Å². The number of benzene rings is 2. The lowest BCUT2D eigenvalue weighted by molar-refractivity contribution is -0.121. The van der Waals surface area contributed by atoms with Gasteiger partial charge >= 0.3 is 0 Å². The van der Waals surface area contributed by atoms with Gasteiger partial charge in [-0.15, -0.1) is 0 Å². The van der Waals surface area contributed by atoms with Crippen LogP contribution in [-0.2, 0) is 10.2 Å². The zero-order valence-electron chi connectivity index (χ0n) is 14.7. The van der Waals surface area contributed by atoms with E-state index in [0.29, 0.717) is 18.5 Å². The highest BCUT2D eigenvalue weighted by molar-refractivity contribution is 6.08. The minimum absolute atomic E-state index is 0.154. The lowest BCUT2D eigenvalue weighted by atomic mass is 9.72. The van der Waals surface area contributed by atoms with Crippen LogP contribution in [0.25, 0.3) is 0 Å². The van der Waals surface area contributed by atoms with Gasteiger partial charge in [0.15, 0.2) is 5.69 Å². The summed E-state index contributed by atoms with van der Waals surface area (Å²) in [5.41, 5.74) is 1.53. The summed E-state index contributed by atoms with van der Waals surface area (Å²) < 4.78 is 13.6. The molecule has 2 aromatic carbocycles. The number of carbonyl (C=O) groups excluding carboxylic acids is 2.